The number of sulfonamides is 1. The molecule has 2 aromatic rings. The first-order valence-electron chi connectivity index (χ1n) is 7.59. The molecule has 0 saturated heterocycles. The Hall–Kier alpha value is -3.18. The monoisotopic (exact) mass is 371 g/mol. The highest BCUT2D eigenvalue weighted by Crippen LogP contribution is 2.19. The Morgan fingerprint density at radius 1 is 1.15 bits per heavy atom. The molecule has 0 radical (unpaired) electrons. The van der Waals surface area contributed by atoms with E-state index in [1.165, 1.54) is 37.3 Å². The molecule has 1 amide bonds. The van der Waals surface area contributed by atoms with Gasteiger partial charge in [-0.2, -0.15) is 5.26 Å². The van der Waals surface area contributed by atoms with E-state index in [1.54, 1.807) is 18.2 Å². The third-order valence-electron chi connectivity index (χ3n) is 3.52. The van der Waals surface area contributed by atoms with Gasteiger partial charge in [0, 0.05) is 11.3 Å². The highest BCUT2D eigenvalue weighted by Gasteiger charge is 2.21. The second-order valence-electron chi connectivity index (χ2n) is 5.61. The molecule has 1 N–H and O–H groups in total. The van der Waals surface area contributed by atoms with Crippen molar-refractivity contribution in [2.24, 2.45) is 0 Å². The van der Waals surface area contributed by atoms with Crippen molar-refractivity contribution in [1.82, 2.24) is 0 Å². The second-order valence-corrected chi connectivity index (χ2v) is 7.52. The lowest BCUT2D eigenvalue weighted by atomic mass is 10.1. The minimum Gasteiger partial charge on any atom is -0.324 e. The molecule has 7 nitrogen and oxygen atoms in total. The molecule has 0 spiro atoms. The number of amides is 1. The van der Waals surface area contributed by atoms with Gasteiger partial charge < -0.3 is 5.32 Å². The zero-order valence-corrected chi connectivity index (χ0v) is 15.1. The summed E-state index contributed by atoms with van der Waals surface area (Å²) in [5, 5.41) is 11.5. The Kier molecular flexibility index (Phi) is 5.75. The number of carbonyl (C=O) groups is 2. The first-order chi connectivity index (χ1) is 12.2. The summed E-state index contributed by atoms with van der Waals surface area (Å²) < 4.78 is 25.1. The van der Waals surface area contributed by atoms with Crippen LogP contribution in [0, 0.1) is 11.3 Å². The van der Waals surface area contributed by atoms with Crippen molar-refractivity contribution in [2.75, 3.05) is 22.4 Å². The van der Waals surface area contributed by atoms with Crippen LogP contribution in [0.15, 0.2) is 48.5 Å². The number of rotatable bonds is 6. The van der Waals surface area contributed by atoms with Crippen LogP contribution in [0.3, 0.4) is 0 Å². The van der Waals surface area contributed by atoms with Crippen molar-refractivity contribution >= 4 is 33.1 Å². The molecule has 0 unspecified atom stereocenters. The molecular weight excluding hydrogens is 354 g/mol. The summed E-state index contributed by atoms with van der Waals surface area (Å²) in [6.45, 7) is 0.973. The Morgan fingerprint density at radius 2 is 1.81 bits per heavy atom. The molecule has 0 heterocycles. The van der Waals surface area contributed by atoms with Crippen LogP contribution in [0.4, 0.5) is 11.4 Å². The van der Waals surface area contributed by atoms with Crippen LogP contribution in [0.5, 0.6) is 0 Å². The lowest BCUT2D eigenvalue weighted by molar-refractivity contribution is -0.114. The smallest absolute Gasteiger partial charge is 0.245 e. The van der Waals surface area contributed by atoms with Gasteiger partial charge in [0.15, 0.2) is 5.78 Å². The van der Waals surface area contributed by atoms with Crippen LogP contribution >= 0.6 is 0 Å². The normalized spacial score (nSPS) is 10.7. The van der Waals surface area contributed by atoms with Gasteiger partial charge in [-0.15, -0.1) is 0 Å². The Morgan fingerprint density at radius 3 is 2.35 bits per heavy atom. The molecule has 8 heteroatoms. The molecule has 0 atom stereocenters. The average Bonchev–Trinajstić information content (AvgIpc) is 2.59. The van der Waals surface area contributed by atoms with E-state index in [2.05, 4.69) is 5.32 Å². The maximum Gasteiger partial charge on any atom is 0.245 e. The van der Waals surface area contributed by atoms with Gasteiger partial charge in [-0.3, -0.25) is 13.9 Å². The van der Waals surface area contributed by atoms with E-state index < -0.39 is 22.5 Å². The maximum atomic E-state index is 12.3. The van der Waals surface area contributed by atoms with Crippen molar-refractivity contribution in [1.29, 1.82) is 5.26 Å². The first-order valence-corrected chi connectivity index (χ1v) is 9.44. The predicted octanol–water partition coefficient (Wildman–Crippen LogP) is 2.17. The molecule has 134 valence electrons. The highest BCUT2D eigenvalue weighted by molar-refractivity contribution is 7.92. The molecule has 0 bridgehead atoms. The van der Waals surface area contributed by atoms with Gasteiger partial charge >= 0.3 is 0 Å². The van der Waals surface area contributed by atoms with E-state index in [-0.39, 0.29) is 11.5 Å². The zero-order chi connectivity index (χ0) is 19.3. The number of ketones is 1. The van der Waals surface area contributed by atoms with Crippen molar-refractivity contribution in [3.8, 4) is 6.07 Å². The molecule has 0 aliphatic rings. The van der Waals surface area contributed by atoms with Crippen LogP contribution in [0.1, 0.15) is 22.8 Å². The minimum absolute atomic E-state index is 0.141. The summed E-state index contributed by atoms with van der Waals surface area (Å²) in [5.74, 6) is -0.696. The van der Waals surface area contributed by atoms with Gasteiger partial charge in [0.05, 0.1) is 23.6 Å². The van der Waals surface area contributed by atoms with E-state index in [1.807, 2.05) is 6.07 Å². The van der Waals surface area contributed by atoms with Crippen LogP contribution in [-0.4, -0.2) is 32.9 Å². The number of anilines is 2. The number of nitrogens with one attached hydrogen (secondary N) is 1. The van der Waals surface area contributed by atoms with E-state index in [0.29, 0.717) is 16.8 Å². The molecule has 26 heavy (non-hydrogen) atoms. The molecular formula is C18H17N3O4S. The van der Waals surface area contributed by atoms with Gasteiger partial charge in [-0.05, 0) is 49.4 Å². The van der Waals surface area contributed by atoms with Gasteiger partial charge in [-0.1, -0.05) is 6.07 Å². The Bertz CT molecular complexity index is 976. The van der Waals surface area contributed by atoms with Crippen LogP contribution < -0.4 is 9.62 Å². The summed E-state index contributed by atoms with van der Waals surface area (Å²) in [6, 6.07) is 14.2. The fourth-order valence-electron chi connectivity index (χ4n) is 2.26. The van der Waals surface area contributed by atoms with Gasteiger partial charge in [0.25, 0.3) is 0 Å². The van der Waals surface area contributed by atoms with E-state index in [0.717, 1.165) is 10.6 Å². The van der Waals surface area contributed by atoms with Crippen molar-refractivity contribution < 1.29 is 18.0 Å². The Labute approximate surface area is 151 Å². The van der Waals surface area contributed by atoms with Gasteiger partial charge in [0.2, 0.25) is 15.9 Å². The second kappa shape index (κ2) is 7.80. The summed E-state index contributed by atoms with van der Waals surface area (Å²) in [6.07, 6.45) is 0.996. The van der Waals surface area contributed by atoms with Gasteiger partial charge in [0.1, 0.15) is 6.54 Å². The SMILES string of the molecule is CC(=O)c1ccc(N(CC(=O)Nc2cccc(C#N)c2)S(C)(=O)=O)cc1. The molecule has 2 rings (SSSR count). The third kappa shape index (κ3) is 4.91. The number of hydrogen-bond donors (Lipinski definition) is 1. The van der Waals surface area contributed by atoms with Crippen molar-refractivity contribution in [3.63, 3.8) is 0 Å². The molecule has 0 saturated carbocycles. The van der Waals surface area contributed by atoms with Gasteiger partial charge in [-0.25, -0.2) is 8.42 Å². The van der Waals surface area contributed by atoms with E-state index in [9.17, 15) is 18.0 Å². The Balaban J connectivity index is 2.21. The predicted molar refractivity (Wildman–Crippen MR) is 98.4 cm³/mol. The van der Waals surface area contributed by atoms with E-state index in [4.69, 9.17) is 5.26 Å². The summed E-state index contributed by atoms with van der Waals surface area (Å²) in [5.41, 5.74) is 1.50. The fourth-order valence-corrected chi connectivity index (χ4v) is 3.12. The van der Waals surface area contributed by atoms with Crippen LogP contribution in [0.2, 0.25) is 0 Å². The minimum atomic E-state index is -3.72. The fraction of sp³-hybridized carbons (Fsp3) is 0.167. The summed E-state index contributed by atoms with van der Waals surface area (Å²) in [4.78, 5) is 23.6. The molecule has 0 fully saturated rings. The van der Waals surface area contributed by atoms with Crippen molar-refractivity contribution in [3.05, 3.63) is 59.7 Å². The number of benzene rings is 2. The molecule has 0 aromatic heterocycles. The zero-order valence-electron chi connectivity index (χ0n) is 14.3. The molecule has 2 aromatic carbocycles. The third-order valence-corrected chi connectivity index (χ3v) is 4.67. The topological polar surface area (TPSA) is 107 Å². The first kappa shape index (κ1) is 19.1. The van der Waals surface area contributed by atoms with E-state index >= 15 is 0 Å². The van der Waals surface area contributed by atoms with Crippen LogP contribution in [0.25, 0.3) is 0 Å². The number of hydrogen-bond acceptors (Lipinski definition) is 5. The number of nitriles is 1. The molecule has 0 aliphatic carbocycles. The highest BCUT2D eigenvalue weighted by atomic mass is 32.2. The van der Waals surface area contributed by atoms with Crippen LogP contribution in [-0.2, 0) is 14.8 Å². The lowest BCUT2D eigenvalue weighted by Crippen LogP contribution is -2.37. The quantitative estimate of drug-likeness (QED) is 0.783. The summed E-state index contributed by atoms with van der Waals surface area (Å²) in [7, 11) is -3.72. The van der Waals surface area contributed by atoms with Crippen molar-refractivity contribution in [2.45, 2.75) is 6.92 Å². The largest absolute Gasteiger partial charge is 0.324 e. The number of nitrogens with zero attached hydrogens (tertiary/aromatic N) is 2. The maximum absolute atomic E-state index is 12.3. The summed E-state index contributed by atoms with van der Waals surface area (Å²) >= 11 is 0. The number of carbonyl (C=O) groups excluding carboxylic acids is 2. The lowest BCUT2D eigenvalue weighted by Gasteiger charge is -2.22. The standard InChI is InChI=1S/C18H17N3O4S/c1-13(22)15-6-8-17(9-7-15)21(26(2,24)25)12-18(23)20-16-5-3-4-14(10-16)11-19/h3-10H,12H2,1-2H3,(H,20,23). The molecule has 0 aliphatic heterocycles. The average molecular weight is 371 g/mol. The number of Topliss-reactive ketones (excluding diaryl/α,β-unsaturated/α-hetero) is 1.